The van der Waals surface area contributed by atoms with Crippen molar-refractivity contribution in [1.29, 1.82) is 0 Å². The molecule has 0 aliphatic heterocycles. The highest BCUT2D eigenvalue weighted by Gasteiger charge is 2.30. The highest BCUT2D eigenvalue weighted by molar-refractivity contribution is 5.62. The molecule has 0 atom stereocenters. The topological polar surface area (TPSA) is 21.3 Å². The van der Waals surface area contributed by atoms with Crippen molar-refractivity contribution in [1.82, 2.24) is 5.32 Å². The first-order valence-corrected chi connectivity index (χ1v) is 6.27. The van der Waals surface area contributed by atoms with Gasteiger partial charge in [0.2, 0.25) is 0 Å². The van der Waals surface area contributed by atoms with Crippen molar-refractivity contribution in [2.45, 2.75) is 12.9 Å². The largest absolute Gasteiger partial charge is 0.573 e. The molecule has 0 radical (unpaired) electrons. The van der Waals surface area contributed by atoms with E-state index in [1.54, 1.807) is 0 Å². The average Bonchev–Trinajstić information content (AvgIpc) is 2.45. The molecule has 2 aromatic carbocycles. The van der Waals surface area contributed by atoms with Crippen LogP contribution in [0.3, 0.4) is 0 Å². The SMILES string of the molecule is C=C(NCc1ccccc1)c1ccc(OC(F)(F)F)cc1. The van der Waals surface area contributed by atoms with Crippen molar-refractivity contribution in [2.24, 2.45) is 0 Å². The van der Waals surface area contributed by atoms with E-state index in [1.807, 2.05) is 30.3 Å². The zero-order valence-electron chi connectivity index (χ0n) is 11.2. The summed E-state index contributed by atoms with van der Waals surface area (Å²) in [5, 5.41) is 3.13. The minimum atomic E-state index is -4.68. The van der Waals surface area contributed by atoms with Gasteiger partial charge in [-0.1, -0.05) is 36.9 Å². The highest BCUT2D eigenvalue weighted by atomic mass is 19.4. The van der Waals surface area contributed by atoms with E-state index in [2.05, 4.69) is 16.6 Å². The van der Waals surface area contributed by atoms with Crippen LogP contribution in [0.1, 0.15) is 11.1 Å². The van der Waals surface area contributed by atoms with Gasteiger partial charge >= 0.3 is 6.36 Å². The van der Waals surface area contributed by atoms with Crippen LogP contribution in [-0.2, 0) is 6.54 Å². The number of hydrogen-bond donors (Lipinski definition) is 1. The number of ether oxygens (including phenoxy) is 1. The Kier molecular flexibility index (Phi) is 4.52. The van der Waals surface area contributed by atoms with E-state index in [-0.39, 0.29) is 5.75 Å². The summed E-state index contributed by atoms with van der Waals surface area (Å²) in [5.74, 6) is -0.248. The van der Waals surface area contributed by atoms with E-state index in [1.165, 1.54) is 24.3 Å². The van der Waals surface area contributed by atoms with Gasteiger partial charge in [-0.3, -0.25) is 0 Å². The van der Waals surface area contributed by atoms with E-state index < -0.39 is 6.36 Å². The van der Waals surface area contributed by atoms with Crippen LogP contribution in [0.15, 0.2) is 61.2 Å². The van der Waals surface area contributed by atoms with Crippen LogP contribution in [0.5, 0.6) is 5.75 Å². The molecule has 0 spiro atoms. The summed E-state index contributed by atoms with van der Waals surface area (Å²) in [6.07, 6.45) is -4.68. The van der Waals surface area contributed by atoms with E-state index in [4.69, 9.17) is 0 Å². The predicted molar refractivity (Wildman–Crippen MR) is 75.4 cm³/mol. The van der Waals surface area contributed by atoms with Crippen molar-refractivity contribution >= 4 is 5.70 Å². The fraction of sp³-hybridized carbons (Fsp3) is 0.125. The van der Waals surface area contributed by atoms with Crippen molar-refractivity contribution in [3.05, 3.63) is 72.3 Å². The van der Waals surface area contributed by atoms with Gasteiger partial charge in [-0.2, -0.15) is 0 Å². The average molecular weight is 293 g/mol. The molecule has 0 aromatic heterocycles. The van der Waals surface area contributed by atoms with Gasteiger partial charge in [0.25, 0.3) is 0 Å². The van der Waals surface area contributed by atoms with Gasteiger partial charge < -0.3 is 10.1 Å². The quantitative estimate of drug-likeness (QED) is 0.885. The van der Waals surface area contributed by atoms with Crippen LogP contribution in [-0.4, -0.2) is 6.36 Å². The predicted octanol–water partition coefficient (Wildman–Crippen LogP) is 4.35. The lowest BCUT2D eigenvalue weighted by atomic mass is 10.1. The van der Waals surface area contributed by atoms with E-state index in [0.29, 0.717) is 17.8 Å². The molecule has 0 heterocycles. The molecule has 0 aliphatic carbocycles. The molecule has 0 unspecified atom stereocenters. The molecule has 0 bridgehead atoms. The Balaban J connectivity index is 1.94. The zero-order chi connectivity index (χ0) is 15.3. The third kappa shape index (κ3) is 4.87. The second-order valence-corrected chi connectivity index (χ2v) is 4.39. The molecule has 110 valence electrons. The zero-order valence-corrected chi connectivity index (χ0v) is 11.2. The van der Waals surface area contributed by atoms with Gasteiger partial charge in [-0.05, 0) is 35.4 Å². The summed E-state index contributed by atoms with van der Waals surface area (Å²) >= 11 is 0. The number of hydrogen-bond acceptors (Lipinski definition) is 2. The van der Waals surface area contributed by atoms with Crippen LogP contribution in [0.2, 0.25) is 0 Å². The molecule has 5 heteroatoms. The Hall–Kier alpha value is -2.43. The van der Waals surface area contributed by atoms with Crippen LogP contribution < -0.4 is 10.1 Å². The monoisotopic (exact) mass is 293 g/mol. The fourth-order valence-electron chi connectivity index (χ4n) is 1.76. The smallest absolute Gasteiger partial charge is 0.406 e. The summed E-state index contributed by atoms with van der Waals surface area (Å²) in [7, 11) is 0. The number of alkyl halides is 3. The lowest BCUT2D eigenvalue weighted by molar-refractivity contribution is -0.274. The third-order valence-corrected chi connectivity index (χ3v) is 2.79. The summed E-state index contributed by atoms with van der Waals surface area (Å²) in [6, 6.07) is 15.3. The second-order valence-electron chi connectivity index (χ2n) is 4.39. The first-order valence-electron chi connectivity index (χ1n) is 6.27. The highest BCUT2D eigenvalue weighted by Crippen LogP contribution is 2.23. The van der Waals surface area contributed by atoms with Crippen molar-refractivity contribution in [3.8, 4) is 5.75 Å². The van der Waals surface area contributed by atoms with Gasteiger partial charge in [0, 0.05) is 12.2 Å². The molecule has 0 fully saturated rings. The summed E-state index contributed by atoms with van der Waals surface area (Å²) in [4.78, 5) is 0. The fourth-order valence-corrected chi connectivity index (χ4v) is 1.76. The van der Waals surface area contributed by atoms with Gasteiger partial charge in [-0.15, -0.1) is 13.2 Å². The lowest BCUT2D eigenvalue weighted by Crippen LogP contribution is -2.17. The molecule has 2 nitrogen and oxygen atoms in total. The molecule has 21 heavy (non-hydrogen) atoms. The Bertz CT molecular complexity index is 591. The van der Waals surface area contributed by atoms with Crippen LogP contribution in [0.25, 0.3) is 5.70 Å². The third-order valence-electron chi connectivity index (χ3n) is 2.79. The molecular formula is C16H14F3NO. The molecule has 0 aliphatic rings. The standard InChI is InChI=1S/C16H14F3NO/c1-12(20-11-13-5-3-2-4-6-13)14-7-9-15(10-8-14)21-16(17,18)19/h2-10,20H,1,11H2. The maximum atomic E-state index is 12.1. The normalized spacial score (nSPS) is 11.0. The maximum absolute atomic E-state index is 12.1. The summed E-state index contributed by atoms with van der Waals surface area (Å²) in [6.45, 7) is 4.47. The van der Waals surface area contributed by atoms with Crippen LogP contribution in [0.4, 0.5) is 13.2 Å². The molecule has 0 amide bonds. The Labute approximate surface area is 120 Å². The second kappa shape index (κ2) is 6.35. The summed E-state index contributed by atoms with van der Waals surface area (Å²) < 4.78 is 40.0. The molecule has 0 saturated carbocycles. The van der Waals surface area contributed by atoms with Gasteiger partial charge in [0.15, 0.2) is 0 Å². The van der Waals surface area contributed by atoms with Crippen molar-refractivity contribution in [2.75, 3.05) is 0 Å². The lowest BCUT2D eigenvalue weighted by Gasteiger charge is -2.12. The van der Waals surface area contributed by atoms with Gasteiger partial charge in [0.05, 0.1) is 0 Å². The Morgan fingerprint density at radius 2 is 1.62 bits per heavy atom. The molecule has 2 rings (SSSR count). The van der Waals surface area contributed by atoms with Crippen LogP contribution >= 0.6 is 0 Å². The molecule has 0 saturated heterocycles. The van der Waals surface area contributed by atoms with E-state index in [0.717, 1.165) is 5.56 Å². The number of benzene rings is 2. The number of rotatable bonds is 5. The number of halogens is 3. The summed E-state index contributed by atoms with van der Waals surface area (Å²) in [5.41, 5.74) is 2.44. The van der Waals surface area contributed by atoms with Gasteiger partial charge in [-0.25, -0.2) is 0 Å². The Morgan fingerprint density at radius 3 is 2.19 bits per heavy atom. The molecule has 2 aromatic rings. The van der Waals surface area contributed by atoms with Gasteiger partial charge in [0.1, 0.15) is 5.75 Å². The minimum absolute atomic E-state index is 0.248. The first kappa shape index (κ1) is 15.0. The molecular weight excluding hydrogens is 279 g/mol. The maximum Gasteiger partial charge on any atom is 0.573 e. The Morgan fingerprint density at radius 1 is 1.00 bits per heavy atom. The molecule has 1 N–H and O–H groups in total. The van der Waals surface area contributed by atoms with Crippen molar-refractivity contribution < 1.29 is 17.9 Å². The first-order chi connectivity index (χ1) is 9.94. The minimum Gasteiger partial charge on any atom is -0.406 e. The van der Waals surface area contributed by atoms with E-state index in [9.17, 15) is 13.2 Å². The number of nitrogens with one attached hydrogen (secondary N) is 1. The van der Waals surface area contributed by atoms with E-state index >= 15 is 0 Å². The van der Waals surface area contributed by atoms with Crippen molar-refractivity contribution in [3.63, 3.8) is 0 Å². The van der Waals surface area contributed by atoms with Crippen LogP contribution in [0, 0.1) is 0 Å².